The molecule has 0 N–H and O–H groups in total. The molecule has 0 radical (unpaired) electrons. The smallest absolute Gasteiger partial charge is 0.0284 e. The second-order valence-electron chi connectivity index (χ2n) is 12.4. The maximum Gasteiger partial charge on any atom is 0.0284 e. The highest BCUT2D eigenvalue weighted by Crippen LogP contribution is 2.68. The molecule has 0 saturated heterocycles. The van der Waals surface area contributed by atoms with Gasteiger partial charge in [0.15, 0.2) is 0 Å². The molecule has 0 bridgehead atoms. The lowest BCUT2D eigenvalue weighted by molar-refractivity contribution is 0.396. The van der Waals surface area contributed by atoms with Crippen molar-refractivity contribution in [3.8, 4) is 11.1 Å². The van der Waals surface area contributed by atoms with Crippen LogP contribution in [0, 0.1) is 5.92 Å². The number of rotatable bonds is 9. The molecule has 0 amide bonds. The van der Waals surface area contributed by atoms with Crippen molar-refractivity contribution in [1.82, 2.24) is 0 Å². The fraction of sp³-hybridized carbons (Fsp3) is 0.238. The second kappa shape index (κ2) is 11.7. The summed E-state index contributed by atoms with van der Waals surface area (Å²) in [6.45, 7) is 7.41. The number of fused-ring (bicyclic) bond motifs is 4. The molecule has 0 saturated carbocycles. The van der Waals surface area contributed by atoms with Crippen LogP contribution in [0.5, 0.6) is 0 Å². The van der Waals surface area contributed by atoms with Crippen LogP contribution in [0.3, 0.4) is 0 Å². The first-order valence-electron chi connectivity index (χ1n) is 16.1. The Hall–Kier alpha value is -3.73. The Labute approximate surface area is 259 Å². The maximum absolute atomic E-state index is 2.64. The van der Waals surface area contributed by atoms with E-state index in [1.165, 1.54) is 63.3 Å². The molecule has 0 nitrogen and oxygen atoms in total. The van der Waals surface area contributed by atoms with Gasteiger partial charge in [0.1, 0.15) is 0 Å². The van der Waals surface area contributed by atoms with Crippen LogP contribution in [-0.2, 0) is 0 Å². The van der Waals surface area contributed by atoms with Crippen LogP contribution in [0.15, 0.2) is 139 Å². The van der Waals surface area contributed by atoms with Crippen molar-refractivity contribution < 1.29 is 0 Å². The van der Waals surface area contributed by atoms with Gasteiger partial charge in [-0.15, -0.1) is 0 Å². The van der Waals surface area contributed by atoms with Gasteiger partial charge in [0, 0.05) is 17.0 Å². The number of hydrogen-bond donors (Lipinski definition) is 0. The topological polar surface area (TPSA) is 0 Å². The SMILES string of the molecule is CCCC(CC)C1C(C(C)(C2c3ccccc3-c3ccccc32)P(c2ccccc2)c2ccccc2)=Cc2ccccc21. The van der Waals surface area contributed by atoms with E-state index >= 15 is 0 Å². The third kappa shape index (κ3) is 4.63. The van der Waals surface area contributed by atoms with E-state index in [9.17, 15) is 0 Å². The highest BCUT2D eigenvalue weighted by molar-refractivity contribution is 7.74. The van der Waals surface area contributed by atoms with Gasteiger partial charge in [0.05, 0.1) is 0 Å². The van der Waals surface area contributed by atoms with Gasteiger partial charge >= 0.3 is 0 Å². The van der Waals surface area contributed by atoms with E-state index in [0.717, 1.165) is 0 Å². The van der Waals surface area contributed by atoms with Crippen LogP contribution in [-0.4, -0.2) is 5.16 Å². The summed E-state index contributed by atoms with van der Waals surface area (Å²) in [6, 6.07) is 50.6. The third-order valence-corrected chi connectivity index (χ3v) is 13.2. The van der Waals surface area contributed by atoms with E-state index in [1.807, 2.05) is 0 Å². The lowest BCUT2D eigenvalue weighted by Crippen LogP contribution is -2.41. The van der Waals surface area contributed by atoms with Crippen LogP contribution in [0.25, 0.3) is 17.2 Å². The van der Waals surface area contributed by atoms with Gasteiger partial charge in [0.2, 0.25) is 0 Å². The normalized spacial score (nSPS) is 17.6. The Morgan fingerprint density at radius 3 is 1.63 bits per heavy atom. The summed E-state index contributed by atoms with van der Waals surface area (Å²) in [5, 5.41) is 2.73. The molecule has 1 heteroatoms. The van der Waals surface area contributed by atoms with Crippen molar-refractivity contribution in [1.29, 1.82) is 0 Å². The van der Waals surface area contributed by atoms with Crippen LogP contribution in [0.1, 0.15) is 74.1 Å². The fourth-order valence-corrected chi connectivity index (χ4v) is 11.6. The highest BCUT2D eigenvalue weighted by Gasteiger charge is 2.53. The molecule has 7 rings (SSSR count). The summed E-state index contributed by atoms with van der Waals surface area (Å²) in [7, 11) is -0.804. The summed E-state index contributed by atoms with van der Waals surface area (Å²) in [5.74, 6) is 1.26. The molecule has 2 aliphatic carbocycles. The van der Waals surface area contributed by atoms with Crippen molar-refractivity contribution in [2.24, 2.45) is 5.92 Å². The largest absolute Gasteiger partial charge is 0.0654 e. The molecule has 3 unspecified atom stereocenters. The van der Waals surface area contributed by atoms with Gasteiger partial charge in [-0.05, 0) is 64.3 Å². The summed E-state index contributed by atoms with van der Waals surface area (Å²) in [5.41, 5.74) is 10.3. The van der Waals surface area contributed by atoms with Crippen molar-refractivity contribution >= 4 is 24.6 Å². The van der Waals surface area contributed by atoms with E-state index in [0.29, 0.717) is 11.8 Å². The van der Waals surface area contributed by atoms with Crippen LogP contribution in [0.4, 0.5) is 0 Å². The fourth-order valence-electron chi connectivity index (χ4n) is 8.32. The maximum atomic E-state index is 2.64. The molecular formula is C42H41P. The monoisotopic (exact) mass is 576 g/mol. The average Bonchev–Trinajstić information content (AvgIpc) is 3.62. The quantitative estimate of drug-likeness (QED) is 0.153. The van der Waals surface area contributed by atoms with Gasteiger partial charge in [-0.25, -0.2) is 0 Å². The van der Waals surface area contributed by atoms with Crippen LogP contribution < -0.4 is 10.6 Å². The summed E-state index contributed by atoms with van der Waals surface area (Å²) in [6.07, 6.45) is 6.27. The Bertz CT molecular complexity index is 1660. The molecule has 0 spiro atoms. The Morgan fingerprint density at radius 1 is 0.605 bits per heavy atom. The summed E-state index contributed by atoms with van der Waals surface area (Å²) in [4.78, 5) is 0. The number of benzene rings is 5. The minimum absolute atomic E-state index is 0.175. The molecule has 43 heavy (non-hydrogen) atoms. The van der Waals surface area contributed by atoms with Gasteiger partial charge in [-0.1, -0.05) is 179 Å². The van der Waals surface area contributed by atoms with E-state index in [4.69, 9.17) is 0 Å². The molecule has 3 atom stereocenters. The Kier molecular flexibility index (Phi) is 7.67. The zero-order valence-corrected chi connectivity index (χ0v) is 26.5. The third-order valence-electron chi connectivity index (χ3n) is 10.1. The van der Waals surface area contributed by atoms with E-state index in [1.54, 1.807) is 5.57 Å². The molecule has 5 aromatic carbocycles. The molecular weight excluding hydrogens is 535 g/mol. The lowest BCUT2D eigenvalue weighted by Gasteiger charge is -2.48. The zero-order valence-electron chi connectivity index (χ0n) is 25.6. The predicted octanol–water partition coefficient (Wildman–Crippen LogP) is 10.7. The molecule has 5 aromatic rings. The minimum atomic E-state index is -0.804. The molecule has 0 aliphatic heterocycles. The van der Waals surface area contributed by atoms with Crippen molar-refractivity contribution in [3.05, 3.63) is 161 Å². The van der Waals surface area contributed by atoms with E-state index < -0.39 is 7.92 Å². The van der Waals surface area contributed by atoms with E-state index in [-0.39, 0.29) is 11.1 Å². The summed E-state index contributed by atoms with van der Waals surface area (Å²) < 4.78 is 0. The van der Waals surface area contributed by atoms with Crippen LogP contribution >= 0.6 is 7.92 Å². The van der Waals surface area contributed by atoms with Crippen LogP contribution in [0.2, 0.25) is 0 Å². The first-order valence-corrected chi connectivity index (χ1v) is 17.4. The highest BCUT2D eigenvalue weighted by atomic mass is 31.1. The van der Waals surface area contributed by atoms with Gasteiger partial charge in [-0.3, -0.25) is 0 Å². The number of hydrogen-bond acceptors (Lipinski definition) is 0. The first kappa shape index (κ1) is 28.1. The van der Waals surface area contributed by atoms with Crippen molar-refractivity contribution in [2.45, 2.75) is 57.0 Å². The Balaban J connectivity index is 1.57. The lowest BCUT2D eigenvalue weighted by atomic mass is 9.71. The standard InChI is InChI=1S/C42H41P/c1-4-18-30(5-2)40-34-24-13-12-19-31(34)29-39(40)42(3,43(32-20-8-6-9-21-32)33-22-10-7-11-23-33)41-37-27-16-14-25-35(37)36-26-15-17-28-38(36)41/h6-17,19-30,40-41H,4-5,18H2,1-3H3. The van der Waals surface area contributed by atoms with Crippen molar-refractivity contribution in [2.75, 3.05) is 0 Å². The second-order valence-corrected chi connectivity index (χ2v) is 15.1. The summed E-state index contributed by atoms with van der Waals surface area (Å²) >= 11 is 0. The first-order chi connectivity index (χ1) is 21.2. The van der Waals surface area contributed by atoms with Gasteiger partial charge in [-0.2, -0.15) is 0 Å². The molecule has 214 valence electrons. The molecule has 0 heterocycles. The number of allylic oxidation sites excluding steroid dienone is 1. The van der Waals surface area contributed by atoms with Crippen molar-refractivity contribution in [3.63, 3.8) is 0 Å². The van der Waals surface area contributed by atoms with E-state index in [2.05, 4.69) is 160 Å². The average molecular weight is 577 g/mol. The minimum Gasteiger partial charge on any atom is -0.0654 e. The molecule has 0 aromatic heterocycles. The van der Waals surface area contributed by atoms with Gasteiger partial charge in [0.25, 0.3) is 0 Å². The van der Waals surface area contributed by atoms with Gasteiger partial charge < -0.3 is 0 Å². The zero-order chi connectivity index (χ0) is 29.4. The Morgan fingerprint density at radius 2 is 1.09 bits per heavy atom. The molecule has 2 aliphatic rings. The molecule has 0 fully saturated rings. The predicted molar refractivity (Wildman–Crippen MR) is 187 cm³/mol.